The van der Waals surface area contributed by atoms with Gasteiger partial charge < -0.3 is 53.2 Å². The Labute approximate surface area is 278 Å². The van der Waals surface area contributed by atoms with Gasteiger partial charge in [0.15, 0.2) is 0 Å². The molecule has 2 heterocycles. The Morgan fingerprint density at radius 3 is 2.31 bits per heavy atom. The average Bonchev–Trinajstić information content (AvgIpc) is 3.05. The van der Waals surface area contributed by atoms with Gasteiger partial charge >= 0.3 is 5.97 Å². The molecule has 11 N–H and O–H groups in total. The molecule has 48 heavy (non-hydrogen) atoms. The fourth-order valence-electron chi connectivity index (χ4n) is 5.31. The number of nitrogens with two attached hydrogens (primary N) is 2. The molecule has 17 heteroatoms. The molecule has 0 spiro atoms. The van der Waals surface area contributed by atoms with Crippen LogP contribution in [0.3, 0.4) is 0 Å². The minimum atomic E-state index is -1.37. The summed E-state index contributed by atoms with van der Waals surface area (Å²) in [6, 6.07) is 0.558. The molecule has 1 aromatic carbocycles. The Balaban J connectivity index is 1.81. The molecule has 1 aromatic rings. The summed E-state index contributed by atoms with van der Waals surface area (Å²) >= 11 is 0. The smallest absolute Gasteiger partial charge is 0.303 e. The second-order valence-electron chi connectivity index (χ2n) is 11.7. The number of carbonyl (C=O) groups excluding carboxylic acids is 6. The first kappa shape index (κ1) is 37.7. The number of rotatable bonds is 13. The van der Waals surface area contributed by atoms with Gasteiger partial charge in [-0.3, -0.25) is 33.6 Å². The average molecular weight is 675 g/mol. The Bertz CT molecular complexity index is 1330. The highest BCUT2D eigenvalue weighted by molar-refractivity contribution is 6.02. The third kappa shape index (κ3) is 12.1. The van der Waals surface area contributed by atoms with Crippen LogP contribution in [0, 0.1) is 5.92 Å². The molecule has 17 nitrogen and oxygen atoms in total. The molecule has 0 radical (unpaired) electrons. The first-order chi connectivity index (χ1) is 23.0. The van der Waals surface area contributed by atoms with Gasteiger partial charge in [-0.05, 0) is 76.4 Å². The summed E-state index contributed by atoms with van der Waals surface area (Å²) in [4.78, 5) is 88.7. The number of hydrogen-bond acceptors (Lipinski definition) is 10. The van der Waals surface area contributed by atoms with E-state index in [2.05, 4.69) is 31.9 Å². The first-order valence-corrected chi connectivity index (χ1v) is 16.2. The van der Waals surface area contributed by atoms with Gasteiger partial charge in [0, 0.05) is 37.4 Å². The van der Waals surface area contributed by atoms with E-state index in [9.17, 15) is 38.7 Å². The van der Waals surface area contributed by atoms with Crippen molar-refractivity contribution in [3.8, 4) is 5.75 Å². The van der Waals surface area contributed by atoms with Gasteiger partial charge in [-0.2, -0.15) is 0 Å². The molecule has 3 rings (SSSR count). The van der Waals surface area contributed by atoms with Crippen LogP contribution in [0.15, 0.2) is 18.2 Å². The Morgan fingerprint density at radius 1 is 0.917 bits per heavy atom. The van der Waals surface area contributed by atoms with Gasteiger partial charge in [0.25, 0.3) is 5.91 Å². The lowest BCUT2D eigenvalue weighted by molar-refractivity contribution is -0.137. The van der Waals surface area contributed by atoms with E-state index in [0.29, 0.717) is 19.4 Å². The van der Waals surface area contributed by atoms with Crippen LogP contribution in [0.25, 0.3) is 0 Å². The van der Waals surface area contributed by atoms with Crippen LogP contribution in [-0.4, -0.2) is 97.4 Å². The molecule has 2 aliphatic rings. The van der Waals surface area contributed by atoms with Crippen molar-refractivity contribution >= 4 is 47.1 Å². The monoisotopic (exact) mass is 674 g/mol. The minimum absolute atomic E-state index is 0.0272. The van der Waals surface area contributed by atoms with Crippen molar-refractivity contribution in [2.45, 2.75) is 75.9 Å². The van der Waals surface area contributed by atoms with E-state index in [1.807, 2.05) is 0 Å². The zero-order chi connectivity index (χ0) is 35.1. The summed E-state index contributed by atoms with van der Waals surface area (Å²) in [5.74, 6) is -4.97. The van der Waals surface area contributed by atoms with Crippen LogP contribution in [-0.2, 0) is 28.8 Å². The number of hydrogen-bond donors (Lipinski definition) is 9. The summed E-state index contributed by atoms with van der Waals surface area (Å²) < 4.78 is 5.80. The Morgan fingerprint density at radius 2 is 1.62 bits per heavy atom. The van der Waals surface area contributed by atoms with Crippen LogP contribution < -0.4 is 48.1 Å². The lowest BCUT2D eigenvalue weighted by atomic mass is 9.97. The largest absolute Gasteiger partial charge is 0.493 e. The number of carboxylic acids is 1. The van der Waals surface area contributed by atoms with Crippen molar-refractivity contribution in [3.05, 3.63) is 23.8 Å². The highest BCUT2D eigenvalue weighted by atomic mass is 16.5. The number of carboxylic acid groups (broad SMARTS) is 1. The molecule has 0 bridgehead atoms. The minimum Gasteiger partial charge on any atom is -0.493 e. The normalized spacial score (nSPS) is 20.9. The second-order valence-corrected chi connectivity index (χ2v) is 11.7. The fraction of sp³-hybridized carbons (Fsp3) is 0.581. The molecular weight excluding hydrogens is 628 g/mol. The second kappa shape index (κ2) is 19.1. The van der Waals surface area contributed by atoms with Crippen molar-refractivity contribution < 1.29 is 43.4 Å². The Kier molecular flexibility index (Phi) is 15.0. The van der Waals surface area contributed by atoms with Crippen molar-refractivity contribution in [3.63, 3.8) is 0 Å². The number of fused-ring (bicyclic) bond motifs is 1. The van der Waals surface area contributed by atoms with Crippen molar-refractivity contribution in [2.75, 3.05) is 38.1 Å². The van der Waals surface area contributed by atoms with E-state index in [0.717, 1.165) is 25.9 Å². The SMILES string of the molecule is NCCCC[C@@H]1NC(=O)[C@H](CCC(=O)O)NC(=O)c2cc(NC(=O)CCNC(=O)C3CCNCC3)ccc2OCCC(C(N)=O)NC1=O. The number of primary amides is 1. The molecule has 3 atom stereocenters. The third-order valence-corrected chi connectivity index (χ3v) is 8.04. The van der Waals surface area contributed by atoms with Crippen LogP contribution >= 0.6 is 0 Å². The maximum atomic E-state index is 13.6. The predicted molar refractivity (Wildman–Crippen MR) is 172 cm³/mol. The molecule has 0 aromatic heterocycles. The highest BCUT2D eigenvalue weighted by Gasteiger charge is 2.31. The number of aliphatic carboxylic acids is 1. The first-order valence-electron chi connectivity index (χ1n) is 16.2. The molecule has 1 fully saturated rings. The van der Waals surface area contributed by atoms with E-state index >= 15 is 0 Å². The van der Waals surface area contributed by atoms with E-state index in [4.69, 9.17) is 16.2 Å². The highest BCUT2D eigenvalue weighted by Crippen LogP contribution is 2.24. The van der Waals surface area contributed by atoms with Crippen LogP contribution in [0.1, 0.15) is 68.1 Å². The fourth-order valence-corrected chi connectivity index (χ4v) is 5.31. The lowest BCUT2D eigenvalue weighted by Crippen LogP contribution is -2.56. The van der Waals surface area contributed by atoms with Crippen molar-refractivity contribution in [1.82, 2.24) is 26.6 Å². The molecule has 6 amide bonds. The van der Waals surface area contributed by atoms with E-state index in [1.54, 1.807) is 0 Å². The van der Waals surface area contributed by atoms with Gasteiger partial charge in [0.1, 0.15) is 23.9 Å². The van der Waals surface area contributed by atoms with Crippen LogP contribution in [0.2, 0.25) is 0 Å². The number of benzene rings is 1. The molecule has 264 valence electrons. The summed E-state index contributed by atoms with van der Waals surface area (Å²) in [5, 5.41) is 25.6. The number of carbonyl (C=O) groups is 7. The summed E-state index contributed by atoms with van der Waals surface area (Å²) in [7, 11) is 0. The molecule has 0 aliphatic carbocycles. The zero-order valence-corrected chi connectivity index (χ0v) is 26.8. The van der Waals surface area contributed by atoms with Gasteiger partial charge in [-0.25, -0.2) is 0 Å². The summed E-state index contributed by atoms with van der Waals surface area (Å²) in [5.41, 5.74) is 11.2. The topological polar surface area (TPSA) is 273 Å². The number of anilines is 1. The number of piperidine rings is 1. The summed E-state index contributed by atoms with van der Waals surface area (Å²) in [6.07, 6.45) is 1.75. The quantitative estimate of drug-likeness (QED) is 0.108. The zero-order valence-electron chi connectivity index (χ0n) is 26.8. The van der Waals surface area contributed by atoms with Crippen LogP contribution in [0.4, 0.5) is 5.69 Å². The van der Waals surface area contributed by atoms with Crippen LogP contribution in [0.5, 0.6) is 5.75 Å². The standard InChI is InChI=1S/C31H46N8O9/c32-12-2-1-3-22-30(46)37-21(27(33)43)11-16-48-24-6-4-19(36-25(40)10-15-35-28(44)18-8-13-34-14-9-18)17-20(24)29(45)38-23(31(47)39-22)5-7-26(41)42/h4,6,17-18,21-23,34H,1-3,5,7-16,32H2,(H2,33,43)(H,35,44)(H,36,40)(H,37,46)(H,38,45)(H,39,47)(H,41,42)/t21?,22-,23-/m0/s1. The lowest BCUT2D eigenvalue weighted by Gasteiger charge is -2.26. The molecule has 2 aliphatic heterocycles. The van der Waals surface area contributed by atoms with Gasteiger partial charge in [-0.1, -0.05) is 0 Å². The van der Waals surface area contributed by atoms with Gasteiger partial charge in [0.2, 0.25) is 29.5 Å². The van der Waals surface area contributed by atoms with E-state index in [1.165, 1.54) is 18.2 Å². The molecular formula is C31H46N8O9. The van der Waals surface area contributed by atoms with Gasteiger partial charge in [0.05, 0.1) is 12.2 Å². The number of nitrogens with one attached hydrogen (secondary N) is 6. The van der Waals surface area contributed by atoms with E-state index in [-0.39, 0.29) is 67.7 Å². The number of ether oxygens (including phenoxy) is 1. The third-order valence-electron chi connectivity index (χ3n) is 8.04. The maximum absolute atomic E-state index is 13.6. The molecule has 1 saturated heterocycles. The van der Waals surface area contributed by atoms with Crippen molar-refractivity contribution in [2.24, 2.45) is 17.4 Å². The predicted octanol–water partition coefficient (Wildman–Crippen LogP) is -1.54. The Hall–Kier alpha value is -4.77. The maximum Gasteiger partial charge on any atom is 0.303 e. The summed E-state index contributed by atoms with van der Waals surface area (Å²) in [6.45, 7) is 1.84. The molecule has 1 unspecified atom stereocenters. The van der Waals surface area contributed by atoms with Gasteiger partial charge in [-0.15, -0.1) is 0 Å². The van der Waals surface area contributed by atoms with Crippen molar-refractivity contribution in [1.29, 1.82) is 0 Å². The van der Waals surface area contributed by atoms with E-state index < -0.39 is 60.1 Å². The molecule has 0 saturated carbocycles. The number of amides is 6. The number of unbranched alkanes of at least 4 members (excludes halogenated alkanes) is 1.